The molecule has 0 aliphatic heterocycles. The van der Waals surface area contributed by atoms with Crippen molar-refractivity contribution in [1.82, 2.24) is 5.32 Å². The maximum atomic E-state index is 13.1. The standard InChI is InChI=1S/C24H26N2O6S/c1-15-7-3-6-10-19(15)25-22(27)14-32-24(29)18-9-5-4-8-17(18)23(28)16-11-12-21(33-2)20(13-16)26(30)31/h4-5,8-9,11-13,15,19H,3,6-7,10,14H2,1-2H3,(H,25,27). The molecule has 0 saturated heterocycles. The number of nitrogens with zero attached hydrogens (tertiary/aromatic N) is 1. The van der Waals surface area contributed by atoms with Crippen LogP contribution in [0.2, 0.25) is 0 Å². The van der Waals surface area contributed by atoms with Gasteiger partial charge in [-0.15, -0.1) is 11.8 Å². The van der Waals surface area contributed by atoms with Crippen LogP contribution < -0.4 is 5.32 Å². The van der Waals surface area contributed by atoms with Crippen LogP contribution in [0.15, 0.2) is 47.4 Å². The average molecular weight is 471 g/mol. The van der Waals surface area contributed by atoms with E-state index >= 15 is 0 Å². The SMILES string of the molecule is CSc1ccc(C(=O)c2ccccc2C(=O)OCC(=O)NC2CCCCC2C)cc1[N+](=O)[O-]. The summed E-state index contributed by atoms with van der Waals surface area (Å²) in [6.45, 7) is 1.65. The van der Waals surface area contributed by atoms with E-state index in [1.807, 2.05) is 0 Å². The van der Waals surface area contributed by atoms with Crippen molar-refractivity contribution in [3.63, 3.8) is 0 Å². The zero-order valence-corrected chi connectivity index (χ0v) is 19.4. The Balaban J connectivity index is 1.72. The van der Waals surface area contributed by atoms with E-state index in [-0.39, 0.29) is 34.3 Å². The number of benzene rings is 2. The van der Waals surface area contributed by atoms with Gasteiger partial charge >= 0.3 is 5.97 Å². The molecule has 2 aromatic rings. The first-order valence-electron chi connectivity index (χ1n) is 10.7. The van der Waals surface area contributed by atoms with Crippen molar-refractivity contribution in [2.75, 3.05) is 12.9 Å². The van der Waals surface area contributed by atoms with E-state index in [1.165, 1.54) is 42.1 Å². The lowest BCUT2D eigenvalue weighted by molar-refractivity contribution is -0.387. The number of hydrogen-bond donors (Lipinski definition) is 1. The highest BCUT2D eigenvalue weighted by Gasteiger charge is 2.25. The first kappa shape index (κ1) is 24.4. The van der Waals surface area contributed by atoms with Gasteiger partial charge in [-0.3, -0.25) is 19.7 Å². The Bertz CT molecular complexity index is 1070. The molecule has 0 radical (unpaired) electrons. The summed E-state index contributed by atoms with van der Waals surface area (Å²) in [5.74, 6) is -1.35. The van der Waals surface area contributed by atoms with Crippen molar-refractivity contribution in [3.05, 3.63) is 69.3 Å². The van der Waals surface area contributed by atoms with Crippen molar-refractivity contribution in [1.29, 1.82) is 0 Å². The zero-order valence-electron chi connectivity index (χ0n) is 18.5. The van der Waals surface area contributed by atoms with Gasteiger partial charge < -0.3 is 10.1 Å². The van der Waals surface area contributed by atoms with Crippen LogP contribution in [0.5, 0.6) is 0 Å². The highest BCUT2D eigenvalue weighted by molar-refractivity contribution is 7.98. The number of thioether (sulfide) groups is 1. The lowest BCUT2D eigenvalue weighted by Crippen LogP contribution is -2.42. The Labute approximate surface area is 196 Å². The second-order valence-corrected chi connectivity index (χ2v) is 8.88. The summed E-state index contributed by atoms with van der Waals surface area (Å²) < 4.78 is 5.18. The fourth-order valence-electron chi connectivity index (χ4n) is 3.98. The van der Waals surface area contributed by atoms with Crippen LogP contribution >= 0.6 is 11.8 Å². The van der Waals surface area contributed by atoms with Crippen molar-refractivity contribution in [2.45, 2.75) is 43.5 Å². The summed E-state index contributed by atoms with van der Waals surface area (Å²) in [6, 6.07) is 10.3. The lowest BCUT2D eigenvalue weighted by Gasteiger charge is -2.29. The molecule has 174 valence electrons. The molecule has 1 aliphatic carbocycles. The first-order chi connectivity index (χ1) is 15.8. The van der Waals surface area contributed by atoms with Gasteiger partial charge in [0.05, 0.1) is 15.4 Å². The van der Waals surface area contributed by atoms with E-state index in [0.717, 1.165) is 25.7 Å². The van der Waals surface area contributed by atoms with Gasteiger partial charge in [-0.05, 0) is 43.2 Å². The van der Waals surface area contributed by atoms with Crippen molar-refractivity contribution >= 4 is 35.1 Å². The quantitative estimate of drug-likeness (QED) is 0.200. The minimum Gasteiger partial charge on any atom is -0.452 e. The predicted octanol–water partition coefficient (Wildman–Crippen LogP) is 4.40. The van der Waals surface area contributed by atoms with E-state index < -0.39 is 23.3 Å². The molecule has 8 nitrogen and oxygen atoms in total. The van der Waals surface area contributed by atoms with Gasteiger partial charge in [-0.2, -0.15) is 0 Å². The van der Waals surface area contributed by atoms with Crippen LogP contribution in [-0.2, 0) is 9.53 Å². The number of nitrogens with one attached hydrogen (secondary N) is 1. The van der Waals surface area contributed by atoms with Gasteiger partial charge in [0.25, 0.3) is 11.6 Å². The van der Waals surface area contributed by atoms with E-state index in [4.69, 9.17) is 4.74 Å². The molecule has 0 spiro atoms. The van der Waals surface area contributed by atoms with Crippen molar-refractivity contribution < 1.29 is 24.0 Å². The third kappa shape index (κ3) is 5.98. The molecule has 0 aromatic heterocycles. The molecular weight excluding hydrogens is 444 g/mol. The number of hydrogen-bond acceptors (Lipinski definition) is 7. The van der Waals surface area contributed by atoms with E-state index in [2.05, 4.69) is 12.2 Å². The Hall–Kier alpha value is -3.20. The minimum absolute atomic E-state index is 0.00192. The molecule has 2 aromatic carbocycles. The van der Waals surface area contributed by atoms with Gasteiger partial charge in [-0.25, -0.2) is 4.79 Å². The predicted molar refractivity (Wildman–Crippen MR) is 125 cm³/mol. The molecule has 1 N–H and O–H groups in total. The number of nitro groups is 1. The summed E-state index contributed by atoms with van der Waals surface area (Å²) in [5.41, 5.74) is -0.0428. The van der Waals surface area contributed by atoms with Gasteiger partial charge in [0.2, 0.25) is 0 Å². The van der Waals surface area contributed by atoms with Gasteiger partial charge in [-0.1, -0.05) is 38.0 Å². The number of nitro benzene ring substituents is 1. The number of ether oxygens (including phenoxy) is 1. The number of carbonyl (C=O) groups excluding carboxylic acids is 3. The Morgan fingerprint density at radius 3 is 2.48 bits per heavy atom. The van der Waals surface area contributed by atoms with Crippen molar-refractivity contribution in [2.24, 2.45) is 5.92 Å². The highest BCUT2D eigenvalue weighted by atomic mass is 32.2. The topological polar surface area (TPSA) is 116 Å². The van der Waals surface area contributed by atoms with E-state index in [0.29, 0.717) is 10.8 Å². The van der Waals surface area contributed by atoms with Crippen molar-refractivity contribution in [3.8, 4) is 0 Å². The molecule has 2 unspecified atom stereocenters. The summed E-state index contributed by atoms with van der Waals surface area (Å²) in [6.07, 6.45) is 5.87. The van der Waals surface area contributed by atoms with Gasteiger partial charge in [0.15, 0.2) is 12.4 Å². The Kier molecular flexibility index (Phi) is 8.21. The van der Waals surface area contributed by atoms with Crippen LogP contribution in [0.3, 0.4) is 0 Å². The molecule has 1 aliphatic rings. The number of ketones is 1. The maximum Gasteiger partial charge on any atom is 0.339 e. The molecular formula is C24H26N2O6S. The first-order valence-corrected chi connectivity index (χ1v) is 12.0. The molecule has 9 heteroatoms. The lowest BCUT2D eigenvalue weighted by atomic mass is 9.86. The van der Waals surface area contributed by atoms with Gasteiger partial charge in [0.1, 0.15) is 0 Å². The molecule has 1 fully saturated rings. The number of esters is 1. The third-order valence-electron chi connectivity index (χ3n) is 5.82. The number of amides is 1. The molecule has 2 atom stereocenters. The van der Waals surface area contributed by atoms with Gasteiger partial charge in [0, 0.05) is 23.2 Å². The minimum atomic E-state index is -0.805. The normalized spacial score (nSPS) is 17.8. The summed E-state index contributed by atoms with van der Waals surface area (Å²) in [7, 11) is 0. The fourth-order valence-corrected chi connectivity index (χ4v) is 4.52. The second kappa shape index (κ2) is 11.1. The summed E-state index contributed by atoms with van der Waals surface area (Å²) in [5, 5.41) is 14.3. The highest BCUT2D eigenvalue weighted by Crippen LogP contribution is 2.29. The van der Waals surface area contributed by atoms with Crippen LogP contribution in [-0.4, -0.2) is 41.5 Å². The van der Waals surface area contributed by atoms with Crippen LogP contribution in [0.1, 0.15) is 58.9 Å². The summed E-state index contributed by atoms with van der Waals surface area (Å²) >= 11 is 1.20. The van der Waals surface area contributed by atoms with Crippen LogP contribution in [0, 0.1) is 16.0 Å². The van der Waals surface area contributed by atoms with E-state index in [9.17, 15) is 24.5 Å². The second-order valence-electron chi connectivity index (χ2n) is 8.03. The number of rotatable bonds is 8. The smallest absolute Gasteiger partial charge is 0.339 e. The monoisotopic (exact) mass is 470 g/mol. The number of carbonyl (C=O) groups is 3. The fraction of sp³-hybridized carbons (Fsp3) is 0.375. The van der Waals surface area contributed by atoms with E-state index in [1.54, 1.807) is 18.4 Å². The molecule has 3 rings (SSSR count). The molecule has 1 saturated carbocycles. The largest absolute Gasteiger partial charge is 0.452 e. The zero-order chi connectivity index (χ0) is 24.0. The van der Waals surface area contributed by atoms with Crippen LogP contribution in [0.4, 0.5) is 5.69 Å². The van der Waals surface area contributed by atoms with Crippen LogP contribution in [0.25, 0.3) is 0 Å². The molecule has 1 amide bonds. The third-order valence-corrected chi connectivity index (χ3v) is 6.61. The Morgan fingerprint density at radius 1 is 1.12 bits per heavy atom. The Morgan fingerprint density at radius 2 is 1.82 bits per heavy atom. The molecule has 33 heavy (non-hydrogen) atoms. The molecule has 0 bridgehead atoms. The summed E-state index contributed by atoms with van der Waals surface area (Å²) in [4.78, 5) is 49.2. The molecule has 0 heterocycles. The maximum absolute atomic E-state index is 13.1. The average Bonchev–Trinajstić information content (AvgIpc) is 2.83.